The Bertz CT molecular complexity index is 1190. The van der Waals surface area contributed by atoms with Gasteiger partial charge in [-0.25, -0.2) is 0 Å². The minimum Gasteiger partial charge on any atom is -0.497 e. The summed E-state index contributed by atoms with van der Waals surface area (Å²) in [5, 5.41) is 2.16. The van der Waals surface area contributed by atoms with Gasteiger partial charge < -0.3 is 9.30 Å². The molecule has 3 rings (SSSR count). The Hall–Kier alpha value is -2.66. The molecule has 0 N–H and O–H groups in total. The number of carbonyl (C=O) groups excluding carboxylic acids is 1. The standard InChI is InChI=1S/C22H23NO3S/c1-22(2,3)19(24)13-20-23(4)21(25)18(27-20)11-14-6-7-16-12-17(26-5)9-8-15(16)10-14/h6-13H,1-5H3/b18-11-,20-13-. The van der Waals surface area contributed by atoms with E-state index >= 15 is 0 Å². The zero-order valence-corrected chi connectivity index (χ0v) is 17.0. The first-order valence-electron chi connectivity index (χ1n) is 8.70. The van der Waals surface area contributed by atoms with Crippen LogP contribution in [0.1, 0.15) is 26.3 Å². The van der Waals surface area contributed by atoms with Gasteiger partial charge in [0.15, 0.2) is 5.78 Å². The van der Waals surface area contributed by atoms with Gasteiger partial charge in [0.25, 0.3) is 5.56 Å². The summed E-state index contributed by atoms with van der Waals surface area (Å²) in [5.41, 5.74) is 0.381. The van der Waals surface area contributed by atoms with Crippen molar-refractivity contribution in [2.24, 2.45) is 12.5 Å². The molecule has 0 amide bonds. The summed E-state index contributed by atoms with van der Waals surface area (Å²) < 4.78 is 8.06. The van der Waals surface area contributed by atoms with Crippen molar-refractivity contribution in [3.8, 4) is 5.75 Å². The molecule has 0 saturated heterocycles. The molecule has 4 nitrogen and oxygen atoms in total. The molecule has 0 saturated carbocycles. The molecule has 140 valence electrons. The van der Waals surface area contributed by atoms with E-state index in [0.29, 0.717) is 9.20 Å². The zero-order chi connectivity index (χ0) is 19.8. The second-order valence-electron chi connectivity index (χ2n) is 7.54. The summed E-state index contributed by atoms with van der Waals surface area (Å²) >= 11 is 1.34. The van der Waals surface area contributed by atoms with E-state index in [1.807, 2.05) is 63.2 Å². The van der Waals surface area contributed by atoms with E-state index in [1.165, 1.54) is 15.9 Å². The lowest BCUT2D eigenvalue weighted by Gasteiger charge is -2.12. The van der Waals surface area contributed by atoms with Gasteiger partial charge in [0, 0.05) is 18.5 Å². The number of aromatic nitrogens is 1. The summed E-state index contributed by atoms with van der Waals surface area (Å²) in [6.45, 7) is 5.61. The van der Waals surface area contributed by atoms with Crippen LogP contribution >= 0.6 is 11.3 Å². The molecule has 0 spiro atoms. The van der Waals surface area contributed by atoms with Crippen molar-refractivity contribution in [2.45, 2.75) is 20.8 Å². The third-order valence-electron chi connectivity index (χ3n) is 4.42. The van der Waals surface area contributed by atoms with Crippen molar-refractivity contribution in [2.75, 3.05) is 7.11 Å². The first-order valence-corrected chi connectivity index (χ1v) is 9.52. The van der Waals surface area contributed by atoms with Gasteiger partial charge in [-0.3, -0.25) is 9.59 Å². The Morgan fingerprint density at radius 3 is 2.44 bits per heavy atom. The number of thiazole rings is 1. The Morgan fingerprint density at radius 1 is 1.11 bits per heavy atom. The maximum atomic E-state index is 12.6. The number of fused-ring (bicyclic) bond motifs is 1. The van der Waals surface area contributed by atoms with E-state index < -0.39 is 5.41 Å². The average Bonchev–Trinajstić information content (AvgIpc) is 2.88. The van der Waals surface area contributed by atoms with Crippen molar-refractivity contribution < 1.29 is 9.53 Å². The lowest BCUT2D eigenvalue weighted by molar-refractivity contribution is -0.120. The van der Waals surface area contributed by atoms with E-state index in [4.69, 9.17) is 4.74 Å². The Morgan fingerprint density at radius 2 is 1.78 bits per heavy atom. The van der Waals surface area contributed by atoms with Crippen molar-refractivity contribution in [1.29, 1.82) is 0 Å². The molecule has 0 atom stereocenters. The molecule has 1 aromatic heterocycles. The molecule has 0 radical (unpaired) electrons. The molecule has 3 aromatic rings. The van der Waals surface area contributed by atoms with Crippen LogP contribution in [0.25, 0.3) is 22.9 Å². The maximum absolute atomic E-state index is 12.6. The first kappa shape index (κ1) is 19.1. The lowest BCUT2D eigenvalue weighted by atomic mass is 9.91. The first-order chi connectivity index (χ1) is 12.7. The van der Waals surface area contributed by atoms with Crippen LogP contribution in [0, 0.1) is 5.41 Å². The molecule has 1 heterocycles. The molecule has 2 aromatic carbocycles. The average molecular weight is 381 g/mol. The quantitative estimate of drug-likeness (QED) is 0.701. The lowest BCUT2D eigenvalue weighted by Crippen LogP contribution is -2.30. The van der Waals surface area contributed by atoms with Gasteiger partial charge in [0.05, 0.1) is 11.6 Å². The second-order valence-corrected chi connectivity index (χ2v) is 8.61. The van der Waals surface area contributed by atoms with Crippen molar-refractivity contribution >= 4 is 40.0 Å². The summed E-state index contributed by atoms with van der Waals surface area (Å²) in [7, 11) is 3.35. The fourth-order valence-corrected chi connectivity index (χ4v) is 3.68. The highest BCUT2D eigenvalue weighted by Crippen LogP contribution is 2.22. The fraction of sp³-hybridized carbons (Fsp3) is 0.273. The van der Waals surface area contributed by atoms with Gasteiger partial charge in [0.1, 0.15) is 10.4 Å². The summed E-state index contributed by atoms with van der Waals surface area (Å²) in [4.78, 5) is 24.8. The monoisotopic (exact) mass is 381 g/mol. The van der Waals surface area contributed by atoms with E-state index in [9.17, 15) is 9.59 Å². The number of hydrogen-bond acceptors (Lipinski definition) is 4. The molecule has 27 heavy (non-hydrogen) atoms. The van der Waals surface area contributed by atoms with E-state index in [-0.39, 0.29) is 11.3 Å². The normalized spacial score (nSPS) is 13.4. The highest BCUT2D eigenvalue weighted by atomic mass is 32.1. The minimum absolute atomic E-state index is 0.00514. The summed E-state index contributed by atoms with van der Waals surface area (Å²) in [5.74, 6) is 0.820. The number of ether oxygens (including phenoxy) is 1. The Kier molecular flexibility index (Phi) is 5.07. The van der Waals surface area contributed by atoms with Gasteiger partial charge in [-0.1, -0.05) is 39.0 Å². The Balaban J connectivity index is 2.09. The number of benzene rings is 2. The predicted octanol–water partition coefficient (Wildman–Crippen LogP) is 2.83. The van der Waals surface area contributed by atoms with E-state index in [2.05, 4.69) is 0 Å². The smallest absolute Gasteiger partial charge is 0.268 e. The van der Waals surface area contributed by atoms with Crippen molar-refractivity contribution in [3.63, 3.8) is 0 Å². The van der Waals surface area contributed by atoms with Crippen LogP contribution in [-0.4, -0.2) is 17.5 Å². The zero-order valence-electron chi connectivity index (χ0n) is 16.2. The van der Waals surface area contributed by atoms with Crippen LogP contribution in [0.4, 0.5) is 0 Å². The molecule has 0 aliphatic carbocycles. The van der Waals surface area contributed by atoms with Crippen LogP contribution in [0.5, 0.6) is 5.75 Å². The van der Waals surface area contributed by atoms with Crippen LogP contribution < -0.4 is 19.5 Å². The third-order valence-corrected chi connectivity index (χ3v) is 5.54. The number of Topliss-reactive ketones (excluding diaryl/α,β-unsaturated/α-hetero) is 1. The van der Waals surface area contributed by atoms with Gasteiger partial charge in [-0.15, -0.1) is 11.3 Å². The van der Waals surface area contributed by atoms with Crippen LogP contribution in [-0.2, 0) is 11.8 Å². The van der Waals surface area contributed by atoms with Crippen LogP contribution in [0.2, 0.25) is 0 Å². The van der Waals surface area contributed by atoms with Crippen molar-refractivity contribution in [3.05, 3.63) is 61.5 Å². The number of nitrogens with zero attached hydrogens (tertiary/aromatic N) is 1. The molecule has 5 heteroatoms. The van der Waals surface area contributed by atoms with Gasteiger partial charge in [-0.2, -0.15) is 0 Å². The van der Waals surface area contributed by atoms with E-state index in [0.717, 1.165) is 22.1 Å². The topological polar surface area (TPSA) is 48.3 Å². The van der Waals surface area contributed by atoms with Crippen molar-refractivity contribution in [1.82, 2.24) is 4.57 Å². The molecule has 0 unspecified atom stereocenters. The van der Waals surface area contributed by atoms with Crippen LogP contribution in [0.3, 0.4) is 0 Å². The largest absolute Gasteiger partial charge is 0.497 e. The molecule has 0 aliphatic heterocycles. The molecule has 0 bridgehead atoms. The molecular formula is C22H23NO3S. The van der Waals surface area contributed by atoms with Gasteiger partial charge in [0.2, 0.25) is 0 Å². The van der Waals surface area contributed by atoms with Gasteiger partial charge in [-0.05, 0) is 40.6 Å². The number of hydrogen-bond donors (Lipinski definition) is 0. The highest BCUT2D eigenvalue weighted by molar-refractivity contribution is 7.07. The Labute approximate surface area is 162 Å². The fourth-order valence-electron chi connectivity index (χ4n) is 2.65. The van der Waals surface area contributed by atoms with E-state index in [1.54, 1.807) is 20.2 Å². The highest BCUT2D eigenvalue weighted by Gasteiger charge is 2.19. The summed E-state index contributed by atoms with van der Waals surface area (Å²) in [6.07, 6.45) is 3.44. The van der Waals surface area contributed by atoms with Crippen LogP contribution in [0.15, 0.2) is 41.2 Å². The number of rotatable bonds is 3. The third kappa shape index (κ3) is 4.03. The second kappa shape index (κ2) is 7.16. The van der Waals surface area contributed by atoms with Gasteiger partial charge >= 0.3 is 0 Å². The summed E-state index contributed by atoms with van der Waals surface area (Å²) in [6, 6.07) is 11.9. The predicted molar refractivity (Wildman–Crippen MR) is 112 cm³/mol. The number of methoxy groups -OCH3 is 1. The molecular weight excluding hydrogens is 358 g/mol. The molecule has 0 fully saturated rings. The molecule has 0 aliphatic rings. The SMILES string of the molecule is COc1ccc2cc(/C=c3\s/c(=C\C(=O)C(C)(C)C)n(C)c3=O)ccc2c1. The maximum Gasteiger partial charge on any atom is 0.268 e. The minimum atomic E-state index is -0.469. The number of carbonyl (C=O) groups is 1. The number of ketones is 1.